The standard InChI is InChI=1S/C14H20ClN/c1-11-6-12(2)9-16(8-11)10-13-4-3-5-14(15)7-13/h3-5,7,11-12H,6,8-10H2,1-2H3. The number of halogens is 1. The van der Waals surface area contributed by atoms with E-state index in [1.165, 1.54) is 25.1 Å². The monoisotopic (exact) mass is 237 g/mol. The largest absolute Gasteiger partial charge is 0.299 e. The van der Waals surface area contributed by atoms with Crippen molar-refractivity contribution in [2.24, 2.45) is 11.8 Å². The van der Waals surface area contributed by atoms with Crippen LogP contribution in [-0.4, -0.2) is 18.0 Å². The molecule has 16 heavy (non-hydrogen) atoms. The van der Waals surface area contributed by atoms with Gasteiger partial charge in [-0.1, -0.05) is 37.6 Å². The van der Waals surface area contributed by atoms with Crippen molar-refractivity contribution in [3.05, 3.63) is 34.9 Å². The molecule has 0 aliphatic carbocycles. The van der Waals surface area contributed by atoms with Crippen LogP contribution in [0.2, 0.25) is 5.02 Å². The Balaban J connectivity index is 1.98. The third-order valence-electron chi connectivity index (χ3n) is 3.24. The highest BCUT2D eigenvalue weighted by Crippen LogP contribution is 2.23. The van der Waals surface area contributed by atoms with Crippen LogP contribution in [0.4, 0.5) is 0 Å². The first-order valence-electron chi connectivity index (χ1n) is 6.10. The summed E-state index contributed by atoms with van der Waals surface area (Å²) in [5, 5.41) is 0.843. The van der Waals surface area contributed by atoms with Gasteiger partial charge in [-0.05, 0) is 36.0 Å². The van der Waals surface area contributed by atoms with Crippen LogP contribution in [0, 0.1) is 11.8 Å². The molecule has 88 valence electrons. The predicted octanol–water partition coefficient (Wildman–Crippen LogP) is 3.82. The molecule has 2 rings (SSSR count). The lowest BCUT2D eigenvalue weighted by Gasteiger charge is -2.35. The van der Waals surface area contributed by atoms with E-state index in [1.54, 1.807) is 0 Å². The van der Waals surface area contributed by atoms with Crippen molar-refractivity contribution >= 4 is 11.6 Å². The van der Waals surface area contributed by atoms with Crippen LogP contribution < -0.4 is 0 Å². The SMILES string of the molecule is CC1CC(C)CN(Cc2cccc(Cl)c2)C1. The number of hydrogen-bond acceptors (Lipinski definition) is 1. The summed E-state index contributed by atoms with van der Waals surface area (Å²) in [5.74, 6) is 1.64. The smallest absolute Gasteiger partial charge is 0.0409 e. The van der Waals surface area contributed by atoms with Crippen molar-refractivity contribution < 1.29 is 0 Å². The lowest BCUT2D eigenvalue weighted by Crippen LogP contribution is -2.38. The van der Waals surface area contributed by atoms with E-state index >= 15 is 0 Å². The van der Waals surface area contributed by atoms with E-state index < -0.39 is 0 Å². The number of hydrogen-bond donors (Lipinski definition) is 0. The summed E-state index contributed by atoms with van der Waals surface area (Å²) in [6.45, 7) is 8.17. The fourth-order valence-corrected chi connectivity index (χ4v) is 3.03. The van der Waals surface area contributed by atoms with E-state index in [4.69, 9.17) is 11.6 Å². The first kappa shape index (κ1) is 11.9. The second-order valence-electron chi connectivity index (χ2n) is 5.27. The molecule has 0 saturated carbocycles. The highest BCUT2D eigenvalue weighted by atomic mass is 35.5. The Morgan fingerprint density at radius 2 is 1.94 bits per heavy atom. The van der Waals surface area contributed by atoms with Gasteiger partial charge < -0.3 is 0 Å². The molecule has 1 nitrogen and oxygen atoms in total. The Kier molecular flexibility index (Phi) is 3.88. The summed E-state index contributed by atoms with van der Waals surface area (Å²) in [4.78, 5) is 2.55. The lowest BCUT2D eigenvalue weighted by molar-refractivity contribution is 0.134. The van der Waals surface area contributed by atoms with Crippen molar-refractivity contribution in [1.29, 1.82) is 0 Å². The van der Waals surface area contributed by atoms with Crippen LogP contribution in [0.1, 0.15) is 25.8 Å². The van der Waals surface area contributed by atoms with E-state index in [2.05, 4.69) is 30.9 Å². The Hall–Kier alpha value is -0.530. The molecule has 0 bridgehead atoms. The van der Waals surface area contributed by atoms with Gasteiger partial charge >= 0.3 is 0 Å². The minimum absolute atomic E-state index is 0.822. The maximum atomic E-state index is 6.00. The minimum Gasteiger partial charge on any atom is -0.299 e. The first-order valence-corrected chi connectivity index (χ1v) is 6.48. The molecule has 0 aromatic heterocycles. The zero-order chi connectivity index (χ0) is 11.5. The average molecular weight is 238 g/mol. The quantitative estimate of drug-likeness (QED) is 0.756. The Morgan fingerprint density at radius 1 is 1.25 bits per heavy atom. The average Bonchev–Trinajstić information content (AvgIpc) is 2.15. The molecule has 1 saturated heterocycles. The Morgan fingerprint density at radius 3 is 2.56 bits per heavy atom. The van der Waals surface area contributed by atoms with Crippen LogP contribution in [-0.2, 0) is 6.54 Å². The number of nitrogens with zero attached hydrogens (tertiary/aromatic N) is 1. The molecule has 1 aliphatic rings. The van der Waals surface area contributed by atoms with E-state index in [0.717, 1.165) is 23.4 Å². The molecule has 0 amide bonds. The molecule has 0 N–H and O–H groups in total. The molecule has 1 aliphatic heterocycles. The summed E-state index contributed by atoms with van der Waals surface area (Å²) < 4.78 is 0. The van der Waals surface area contributed by atoms with E-state index in [-0.39, 0.29) is 0 Å². The van der Waals surface area contributed by atoms with Crippen molar-refractivity contribution in [3.8, 4) is 0 Å². The van der Waals surface area contributed by atoms with Gasteiger partial charge in [0.15, 0.2) is 0 Å². The van der Waals surface area contributed by atoms with Crippen LogP contribution >= 0.6 is 11.6 Å². The normalized spacial score (nSPS) is 26.9. The topological polar surface area (TPSA) is 3.24 Å². The van der Waals surface area contributed by atoms with Gasteiger partial charge in [0, 0.05) is 24.7 Å². The van der Waals surface area contributed by atoms with E-state index in [1.807, 2.05) is 12.1 Å². The van der Waals surface area contributed by atoms with Gasteiger partial charge in [-0.15, -0.1) is 0 Å². The third-order valence-corrected chi connectivity index (χ3v) is 3.47. The van der Waals surface area contributed by atoms with Gasteiger partial charge in [-0.25, -0.2) is 0 Å². The summed E-state index contributed by atoms with van der Waals surface area (Å²) in [6.07, 6.45) is 1.37. The molecule has 0 spiro atoms. The molecule has 2 unspecified atom stereocenters. The highest BCUT2D eigenvalue weighted by Gasteiger charge is 2.21. The van der Waals surface area contributed by atoms with Crippen LogP contribution in [0.5, 0.6) is 0 Å². The zero-order valence-electron chi connectivity index (χ0n) is 10.1. The molecule has 1 aromatic carbocycles. The molecule has 2 atom stereocenters. The summed E-state index contributed by atoms with van der Waals surface area (Å²) in [7, 11) is 0. The summed E-state index contributed by atoms with van der Waals surface area (Å²) in [6, 6.07) is 8.21. The van der Waals surface area contributed by atoms with E-state index in [0.29, 0.717) is 0 Å². The molecule has 1 fully saturated rings. The van der Waals surface area contributed by atoms with Gasteiger partial charge in [0.05, 0.1) is 0 Å². The Labute approximate surface area is 103 Å². The second kappa shape index (κ2) is 5.20. The second-order valence-corrected chi connectivity index (χ2v) is 5.71. The maximum Gasteiger partial charge on any atom is 0.0409 e. The number of piperidine rings is 1. The molecule has 2 heteroatoms. The van der Waals surface area contributed by atoms with Gasteiger partial charge in [-0.2, -0.15) is 0 Å². The van der Waals surface area contributed by atoms with Gasteiger partial charge in [0.1, 0.15) is 0 Å². The van der Waals surface area contributed by atoms with Crippen LogP contribution in [0.15, 0.2) is 24.3 Å². The molecule has 0 radical (unpaired) electrons. The van der Waals surface area contributed by atoms with Crippen molar-refractivity contribution in [1.82, 2.24) is 4.90 Å². The van der Waals surface area contributed by atoms with Crippen molar-refractivity contribution in [3.63, 3.8) is 0 Å². The number of benzene rings is 1. The molecular weight excluding hydrogens is 218 g/mol. The lowest BCUT2D eigenvalue weighted by atomic mass is 9.91. The number of likely N-dealkylation sites (tertiary alicyclic amines) is 1. The van der Waals surface area contributed by atoms with Gasteiger partial charge in [0.2, 0.25) is 0 Å². The number of rotatable bonds is 2. The fraction of sp³-hybridized carbons (Fsp3) is 0.571. The maximum absolute atomic E-state index is 6.00. The fourth-order valence-electron chi connectivity index (χ4n) is 2.81. The molecule has 1 heterocycles. The molecular formula is C14H20ClN. The van der Waals surface area contributed by atoms with Crippen LogP contribution in [0.25, 0.3) is 0 Å². The van der Waals surface area contributed by atoms with Crippen molar-refractivity contribution in [2.45, 2.75) is 26.8 Å². The van der Waals surface area contributed by atoms with E-state index in [9.17, 15) is 0 Å². The summed E-state index contributed by atoms with van der Waals surface area (Å²) in [5.41, 5.74) is 1.33. The predicted molar refractivity (Wildman–Crippen MR) is 69.7 cm³/mol. The first-order chi connectivity index (χ1) is 7.63. The Bertz CT molecular complexity index is 340. The van der Waals surface area contributed by atoms with Gasteiger partial charge in [-0.3, -0.25) is 4.90 Å². The van der Waals surface area contributed by atoms with Crippen LogP contribution in [0.3, 0.4) is 0 Å². The zero-order valence-corrected chi connectivity index (χ0v) is 10.9. The van der Waals surface area contributed by atoms with Crippen molar-refractivity contribution in [2.75, 3.05) is 13.1 Å². The minimum atomic E-state index is 0.822. The summed E-state index contributed by atoms with van der Waals surface area (Å²) >= 11 is 6.00. The van der Waals surface area contributed by atoms with Gasteiger partial charge in [0.25, 0.3) is 0 Å². The molecule has 1 aromatic rings. The third kappa shape index (κ3) is 3.23. The highest BCUT2D eigenvalue weighted by molar-refractivity contribution is 6.30.